The second-order valence-electron chi connectivity index (χ2n) is 15.4. The minimum absolute atomic E-state index is 0. The predicted octanol–water partition coefficient (Wildman–Crippen LogP) is 9.08. The average molecular weight is 907 g/mol. The van der Waals surface area contributed by atoms with E-state index in [0.717, 1.165) is 53.7 Å². The van der Waals surface area contributed by atoms with E-state index in [1.54, 1.807) is 20.8 Å². The molecule has 0 bridgehead atoms. The van der Waals surface area contributed by atoms with Crippen LogP contribution >= 0.6 is 12.4 Å². The molecule has 2 aliphatic heterocycles. The van der Waals surface area contributed by atoms with Crippen molar-refractivity contribution in [2.45, 2.75) is 102 Å². The van der Waals surface area contributed by atoms with Gasteiger partial charge in [0.2, 0.25) is 11.9 Å². The second-order valence-corrected chi connectivity index (χ2v) is 15.4. The number of carbonyl (C=O) groups excluding carboxylic acids is 3. The van der Waals surface area contributed by atoms with Gasteiger partial charge in [-0.1, -0.05) is 0 Å². The Morgan fingerprint density at radius 3 is 1.61 bits per heavy atom. The first-order valence-corrected chi connectivity index (χ1v) is 18.9. The van der Waals surface area contributed by atoms with Crippen molar-refractivity contribution in [2.24, 2.45) is 0 Å². The number of nitrogens with one attached hydrogen (secondary N) is 1. The molecule has 0 unspecified atom stereocenters. The van der Waals surface area contributed by atoms with Crippen LogP contribution in [-0.2, 0) is 39.5 Å². The summed E-state index contributed by atoms with van der Waals surface area (Å²) < 4.78 is 136. The molecule has 4 aromatic rings. The normalized spacial score (nSPS) is 19.0. The third-order valence-corrected chi connectivity index (χ3v) is 9.44. The molecule has 21 heteroatoms. The van der Waals surface area contributed by atoms with Crippen molar-refractivity contribution in [2.75, 3.05) is 13.1 Å². The number of ketones is 2. The number of aryl methyl sites for hydroxylation is 2. The standard InChI is InChI=1S/C23H24F5N3O3.C18H16F5N3O.ClH/c1-22(2,3)34-21(33)31-12-15(24)10-17(31)18(32)6-4-13-8-16(30-20(25)9-13)14-5-7-19(29-11-14)23(26,27)28;19-12-7-14(24-9-12)15(27)3-1-10-5-13(26-17(20)6-10)11-2-4-16(25-8-11)18(21,22)23;/h5,7-9,11,15,17H,4,6,10,12H2,1-3H3;2,4-6,8,12,14,24H,1,3,7,9H2;1H/t15-,17+;12-,14+;/m11./s1. The Morgan fingerprint density at radius 2 is 1.21 bits per heavy atom. The van der Waals surface area contributed by atoms with Crippen LogP contribution in [-0.4, -0.2) is 85.6 Å². The van der Waals surface area contributed by atoms with E-state index in [-0.39, 0.29) is 92.3 Å². The van der Waals surface area contributed by atoms with E-state index in [1.807, 2.05) is 0 Å². The van der Waals surface area contributed by atoms with Crippen LogP contribution in [0.15, 0.2) is 60.9 Å². The lowest BCUT2D eigenvalue weighted by molar-refractivity contribution is -0.141. The van der Waals surface area contributed by atoms with Crippen molar-refractivity contribution in [1.29, 1.82) is 0 Å². The van der Waals surface area contributed by atoms with Gasteiger partial charge in [-0.15, -0.1) is 12.4 Å². The highest BCUT2D eigenvalue weighted by Gasteiger charge is 2.41. The van der Waals surface area contributed by atoms with Crippen molar-refractivity contribution in [3.63, 3.8) is 0 Å². The zero-order valence-electron chi connectivity index (χ0n) is 33.3. The molecule has 1 N–H and O–H groups in total. The molecule has 0 aromatic carbocycles. The van der Waals surface area contributed by atoms with E-state index in [4.69, 9.17) is 4.74 Å². The fourth-order valence-corrected chi connectivity index (χ4v) is 6.54. The predicted molar refractivity (Wildman–Crippen MR) is 206 cm³/mol. The van der Waals surface area contributed by atoms with Crippen molar-refractivity contribution >= 4 is 30.1 Å². The average Bonchev–Trinajstić information content (AvgIpc) is 3.80. The van der Waals surface area contributed by atoms with Gasteiger partial charge in [0.25, 0.3) is 0 Å². The largest absolute Gasteiger partial charge is 0.444 e. The summed E-state index contributed by atoms with van der Waals surface area (Å²) in [5.74, 6) is -2.25. The van der Waals surface area contributed by atoms with Gasteiger partial charge in [-0.3, -0.25) is 24.5 Å². The molecule has 6 heterocycles. The molecule has 0 saturated carbocycles. The number of amides is 1. The van der Waals surface area contributed by atoms with Crippen LogP contribution in [0.5, 0.6) is 0 Å². The molecular weight excluding hydrogens is 866 g/mol. The Labute approximate surface area is 355 Å². The van der Waals surface area contributed by atoms with Gasteiger partial charge in [-0.2, -0.15) is 35.1 Å². The number of nitrogens with zero attached hydrogens (tertiary/aromatic N) is 5. The number of hydrogen-bond donors (Lipinski definition) is 1. The van der Waals surface area contributed by atoms with E-state index >= 15 is 0 Å². The number of Topliss-reactive ketones (excluding diaryl/α,β-unsaturated/α-hetero) is 2. The number of alkyl halides is 8. The number of halogens is 11. The first-order chi connectivity index (χ1) is 28.4. The fraction of sp³-hybridized carbons (Fsp3) is 0.439. The maximum atomic E-state index is 14.1. The molecule has 1 amide bonds. The molecule has 0 spiro atoms. The summed E-state index contributed by atoms with van der Waals surface area (Å²) in [6.45, 7) is 4.87. The summed E-state index contributed by atoms with van der Waals surface area (Å²) in [6.07, 6.45) is -10.2. The highest BCUT2D eigenvalue weighted by molar-refractivity contribution is 5.88. The number of rotatable bonds is 10. The molecule has 10 nitrogen and oxygen atoms in total. The maximum absolute atomic E-state index is 14.1. The zero-order chi connectivity index (χ0) is 44.9. The van der Waals surface area contributed by atoms with Crippen LogP contribution in [0.1, 0.15) is 69.0 Å². The highest BCUT2D eigenvalue weighted by Crippen LogP contribution is 2.31. The van der Waals surface area contributed by atoms with Gasteiger partial charge in [0.1, 0.15) is 35.1 Å². The molecule has 4 atom stereocenters. The monoisotopic (exact) mass is 906 g/mol. The molecule has 336 valence electrons. The summed E-state index contributed by atoms with van der Waals surface area (Å²) in [7, 11) is 0. The maximum Gasteiger partial charge on any atom is 0.433 e. The third kappa shape index (κ3) is 13.9. The van der Waals surface area contributed by atoms with Gasteiger partial charge >= 0.3 is 18.4 Å². The summed E-state index contributed by atoms with van der Waals surface area (Å²) in [5.41, 5.74) is -1.52. The Hall–Kier alpha value is -5.24. The van der Waals surface area contributed by atoms with Crippen molar-refractivity contribution < 1.29 is 63.0 Å². The van der Waals surface area contributed by atoms with E-state index in [2.05, 4.69) is 25.3 Å². The Bertz CT molecular complexity index is 2190. The Balaban J connectivity index is 0.000000275. The van der Waals surface area contributed by atoms with Gasteiger partial charge in [-0.05, 0) is 93.3 Å². The summed E-state index contributed by atoms with van der Waals surface area (Å²) in [6, 6.07) is 7.54. The van der Waals surface area contributed by atoms with Crippen LogP contribution in [0, 0.1) is 11.9 Å². The molecule has 62 heavy (non-hydrogen) atoms. The fourth-order valence-electron chi connectivity index (χ4n) is 6.54. The van der Waals surface area contributed by atoms with Gasteiger partial charge in [0, 0.05) is 55.7 Å². The molecule has 2 fully saturated rings. The molecular formula is C41H41ClF10N6O4. The van der Waals surface area contributed by atoms with Gasteiger partial charge < -0.3 is 10.1 Å². The smallest absolute Gasteiger partial charge is 0.433 e. The molecule has 2 aliphatic rings. The van der Waals surface area contributed by atoms with E-state index in [0.29, 0.717) is 11.1 Å². The topological polar surface area (TPSA) is 127 Å². The van der Waals surface area contributed by atoms with Crippen LogP contribution in [0.2, 0.25) is 0 Å². The number of carbonyl (C=O) groups is 3. The number of ether oxygens (including phenoxy) is 1. The summed E-state index contributed by atoms with van der Waals surface area (Å²) in [5, 5.41) is 2.80. The quantitative estimate of drug-likeness (QED) is 0.123. The second kappa shape index (κ2) is 20.3. The van der Waals surface area contributed by atoms with Crippen molar-refractivity contribution in [3.8, 4) is 22.5 Å². The first-order valence-electron chi connectivity index (χ1n) is 18.9. The van der Waals surface area contributed by atoms with Crippen LogP contribution in [0.4, 0.5) is 48.7 Å². The van der Waals surface area contributed by atoms with Crippen LogP contribution in [0.3, 0.4) is 0 Å². The third-order valence-electron chi connectivity index (χ3n) is 9.44. The summed E-state index contributed by atoms with van der Waals surface area (Å²) in [4.78, 5) is 52.3. The number of pyridine rings is 4. The number of likely N-dealkylation sites (tertiary alicyclic amines) is 1. The highest BCUT2D eigenvalue weighted by atomic mass is 35.5. The lowest BCUT2D eigenvalue weighted by Crippen LogP contribution is -2.43. The van der Waals surface area contributed by atoms with Crippen LogP contribution in [0.25, 0.3) is 22.5 Å². The molecule has 6 rings (SSSR count). The lowest BCUT2D eigenvalue weighted by atomic mass is 10.0. The first kappa shape index (κ1) is 49.4. The summed E-state index contributed by atoms with van der Waals surface area (Å²) >= 11 is 0. The zero-order valence-corrected chi connectivity index (χ0v) is 34.1. The minimum Gasteiger partial charge on any atom is -0.444 e. The van der Waals surface area contributed by atoms with Crippen LogP contribution < -0.4 is 5.32 Å². The van der Waals surface area contributed by atoms with Crippen molar-refractivity contribution in [3.05, 3.63) is 95.3 Å². The van der Waals surface area contributed by atoms with Gasteiger partial charge in [0.15, 0.2) is 5.78 Å². The van der Waals surface area contributed by atoms with E-state index in [9.17, 15) is 58.3 Å². The van der Waals surface area contributed by atoms with Gasteiger partial charge in [-0.25, -0.2) is 23.5 Å². The SMILES string of the molecule is CC(C)(C)OC(=O)N1C[C@H](F)C[C@H]1C(=O)CCc1cc(F)nc(-c2ccc(C(F)(F)F)nc2)c1.Cl.O=C(CCc1cc(F)nc(-c2ccc(C(F)(F)F)nc2)c1)[C@@H]1C[C@@H](F)CN1. The van der Waals surface area contributed by atoms with E-state index < -0.39 is 77.5 Å². The number of hydrogen-bond acceptors (Lipinski definition) is 9. The Kier molecular flexibility index (Phi) is 16.2. The molecule has 0 aliphatic carbocycles. The van der Waals surface area contributed by atoms with Gasteiger partial charge in [0.05, 0.1) is 30.0 Å². The molecule has 4 aromatic heterocycles. The molecule has 0 radical (unpaired) electrons. The minimum atomic E-state index is -4.61. The lowest BCUT2D eigenvalue weighted by Gasteiger charge is -2.27. The van der Waals surface area contributed by atoms with E-state index in [1.165, 1.54) is 12.1 Å². The Morgan fingerprint density at radius 1 is 0.726 bits per heavy atom. The van der Waals surface area contributed by atoms with Crippen molar-refractivity contribution in [1.82, 2.24) is 30.2 Å². The number of aromatic nitrogens is 4. The molecule has 2 saturated heterocycles.